The molecule has 0 aromatic heterocycles. The summed E-state index contributed by atoms with van der Waals surface area (Å²) in [6.45, 7) is 2.19. The summed E-state index contributed by atoms with van der Waals surface area (Å²) in [5, 5.41) is 27.6. The number of carboxylic acid groups (broad SMARTS) is 2. The van der Waals surface area contributed by atoms with Gasteiger partial charge in [0.15, 0.2) is 0 Å². The van der Waals surface area contributed by atoms with Crippen molar-refractivity contribution in [1.29, 1.82) is 0 Å². The van der Waals surface area contributed by atoms with Gasteiger partial charge in [-0.15, -0.1) is 11.8 Å². The smallest absolute Gasteiger partial charge is 0.321 e. The molecule has 0 heterocycles. The summed E-state index contributed by atoms with van der Waals surface area (Å²) in [5.41, 5.74) is 5.54. The van der Waals surface area contributed by atoms with E-state index in [0.717, 1.165) is 12.8 Å². The SMILES string of the molecule is CCCCCC=CCC=CC=CC=CC(SC[C@H](N)C(=O)O)C(O)CCCC(=O)O. The minimum atomic E-state index is -1.09. The third kappa shape index (κ3) is 17.1. The van der Waals surface area contributed by atoms with Crippen molar-refractivity contribution in [1.82, 2.24) is 0 Å². The van der Waals surface area contributed by atoms with E-state index in [1.165, 1.54) is 31.0 Å². The summed E-state index contributed by atoms with van der Waals surface area (Å²) in [6.07, 6.45) is 21.3. The molecule has 0 aromatic rings. The van der Waals surface area contributed by atoms with Gasteiger partial charge in [0.05, 0.1) is 6.10 Å². The molecule has 0 aliphatic heterocycles. The van der Waals surface area contributed by atoms with Crippen LogP contribution in [-0.4, -0.2) is 50.4 Å². The van der Waals surface area contributed by atoms with Crippen molar-refractivity contribution >= 4 is 23.7 Å². The standard InChI is InChI=1S/C23H37NO5S/c1-2-3-4-5-6-7-8-9-10-11-12-13-16-21(30-18-19(24)23(28)29)20(25)15-14-17-22(26)27/h6-7,9-13,16,19-21,25H,2-5,8,14-15,17-18,24H2,1H3,(H,26,27)(H,28,29)/t19-,20?,21?/m0/s1. The number of nitrogens with two attached hydrogens (primary N) is 1. The molecule has 0 aliphatic carbocycles. The van der Waals surface area contributed by atoms with Gasteiger partial charge in [0.2, 0.25) is 0 Å². The second kappa shape index (κ2) is 19.2. The maximum absolute atomic E-state index is 10.9. The molecule has 3 atom stereocenters. The monoisotopic (exact) mass is 439 g/mol. The van der Waals surface area contributed by atoms with Gasteiger partial charge in [-0.05, 0) is 32.1 Å². The lowest BCUT2D eigenvalue weighted by atomic mass is 10.1. The van der Waals surface area contributed by atoms with Gasteiger partial charge in [0.25, 0.3) is 0 Å². The van der Waals surface area contributed by atoms with Crippen molar-refractivity contribution in [2.24, 2.45) is 5.73 Å². The number of aliphatic hydroxyl groups excluding tert-OH is 1. The second-order valence-corrected chi connectivity index (χ2v) is 8.21. The Hall–Kier alpha value is -1.83. The zero-order chi connectivity index (χ0) is 22.6. The summed E-state index contributed by atoms with van der Waals surface area (Å²) in [7, 11) is 0. The van der Waals surface area contributed by atoms with Gasteiger partial charge in [-0.25, -0.2) is 0 Å². The van der Waals surface area contributed by atoms with Gasteiger partial charge >= 0.3 is 11.9 Å². The van der Waals surface area contributed by atoms with Crippen molar-refractivity contribution in [3.05, 3.63) is 48.6 Å². The van der Waals surface area contributed by atoms with Crippen molar-refractivity contribution in [3.63, 3.8) is 0 Å². The average molecular weight is 440 g/mol. The van der Waals surface area contributed by atoms with Crippen molar-refractivity contribution in [2.45, 2.75) is 75.7 Å². The molecule has 6 nitrogen and oxygen atoms in total. The number of hydrogen-bond donors (Lipinski definition) is 4. The van der Waals surface area contributed by atoms with Crippen LogP contribution in [0.2, 0.25) is 0 Å². The molecule has 0 spiro atoms. The van der Waals surface area contributed by atoms with Gasteiger partial charge in [0.1, 0.15) is 6.04 Å². The minimum Gasteiger partial charge on any atom is -0.481 e. The number of carbonyl (C=O) groups is 2. The van der Waals surface area contributed by atoms with Gasteiger partial charge in [0, 0.05) is 17.4 Å². The Morgan fingerprint density at radius 1 is 1.00 bits per heavy atom. The van der Waals surface area contributed by atoms with E-state index in [-0.39, 0.29) is 17.4 Å². The highest BCUT2D eigenvalue weighted by Crippen LogP contribution is 2.21. The molecule has 170 valence electrons. The minimum absolute atomic E-state index is 0.00938. The van der Waals surface area contributed by atoms with E-state index in [1.807, 2.05) is 18.2 Å². The molecule has 0 saturated heterocycles. The zero-order valence-electron chi connectivity index (χ0n) is 17.9. The van der Waals surface area contributed by atoms with E-state index in [2.05, 4.69) is 25.2 Å². The lowest BCUT2D eigenvalue weighted by Gasteiger charge is -2.20. The fraction of sp³-hybridized carbons (Fsp3) is 0.565. The summed E-state index contributed by atoms with van der Waals surface area (Å²) in [4.78, 5) is 21.5. The molecular formula is C23H37NO5S. The van der Waals surface area contributed by atoms with Crippen LogP contribution >= 0.6 is 11.8 Å². The van der Waals surface area contributed by atoms with E-state index in [0.29, 0.717) is 12.8 Å². The topological polar surface area (TPSA) is 121 Å². The first-order valence-corrected chi connectivity index (χ1v) is 11.6. The lowest BCUT2D eigenvalue weighted by molar-refractivity contribution is -0.138. The highest BCUT2D eigenvalue weighted by Gasteiger charge is 2.20. The van der Waals surface area contributed by atoms with Gasteiger partial charge in [-0.3, -0.25) is 9.59 Å². The quantitative estimate of drug-likeness (QED) is 0.143. The Bertz CT molecular complexity index is 586. The number of allylic oxidation sites excluding steroid dienone is 7. The molecule has 7 heteroatoms. The Kier molecular flexibility index (Phi) is 18.0. The molecule has 0 bridgehead atoms. The number of hydrogen-bond acceptors (Lipinski definition) is 5. The van der Waals surface area contributed by atoms with Crippen LogP contribution in [-0.2, 0) is 9.59 Å². The first-order chi connectivity index (χ1) is 14.4. The Balaban J connectivity index is 4.51. The number of aliphatic carboxylic acids is 2. The van der Waals surface area contributed by atoms with Crippen LogP contribution in [0, 0.1) is 0 Å². The molecule has 0 aliphatic rings. The maximum Gasteiger partial charge on any atom is 0.321 e. The number of aliphatic hydroxyl groups is 1. The number of rotatable bonds is 18. The van der Waals surface area contributed by atoms with E-state index in [1.54, 1.807) is 12.2 Å². The van der Waals surface area contributed by atoms with Crippen LogP contribution in [0.1, 0.15) is 58.3 Å². The molecule has 2 unspecified atom stereocenters. The maximum atomic E-state index is 10.9. The average Bonchev–Trinajstić information content (AvgIpc) is 2.70. The van der Waals surface area contributed by atoms with Crippen LogP contribution in [0.3, 0.4) is 0 Å². The first-order valence-electron chi connectivity index (χ1n) is 10.5. The van der Waals surface area contributed by atoms with E-state index >= 15 is 0 Å². The number of thioether (sulfide) groups is 1. The summed E-state index contributed by atoms with van der Waals surface area (Å²) < 4.78 is 0. The highest BCUT2D eigenvalue weighted by molar-refractivity contribution is 8.00. The van der Waals surface area contributed by atoms with Crippen molar-refractivity contribution in [2.75, 3.05) is 5.75 Å². The third-order valence-electron chi connectivity index (χ3n) is 4.24. The van der Waals surface area contributed by atoms with E-state index < -0.39 is 24.1 Å². The Morgan fingerprint density at radius 2 is 1.73 bits per heavy atom. The molecule has 0 aromatic carbocycles. The fourth-order valence-corrected chi connectivity index (χ4v) is 3.60. The Labute approximate surface area is 184 Å². The number of carboxylic acids is 2. The van der Waals surface area contributed by atoms with Crippen LogP contribution in [0.25, 0.3) is 0 Å². The molecule has 0 amide bonds. The number of unbranched alkanes of at least 4 members (excludes halogenated alkanes) is 3. The normalized spacial score (nSPS) is 15.4. The molecule has 5 N–H and O–H groups in total. The fourth-order valence-electron chi connectivity index (χ4n) is 2.47. The molecular weight excluding hydrogens is 402 g/mol. The van der Waals surface area contributed by atoms with Crippen LogP contribution in [0.5, 0.6) is 0 Å². The van der Waals surface area contributed by atoms with Crippen LogP contribution in [0.4, 0.5) is 0 Å². The molecule has 0 saturated carbocycles. The zero-order valence-corrected chi connectivity index (χ0v) is 18.7. The Morgan fingerprint density at radius 3 is 2.40 bits per heavy atom. The first kappa shape index (κ1) is 28.2. The second-order valence-electron chi connectivity index (χ2n) is 7.00. The van der Waals surface area contributed by atoms with Crippen molar-refractivity contribution in [3.8, 4) is 0 Å². The summed E-state index contributed by atoms with van der Waals surface area (Å²) in [5.74, 6) is -1.83. The van der Waals surface area contributed by atoms with Crippen molar-refractivity contribution < 1.29 is 24.9 Å². The van der Waals surface area contributed by atoms with E-state index in [9.17, 15) is 14.7 Å². The summed E-state index contributed by atoms with van der Waals surface area (Å²) >= 11 is 1.26. The largest absolute Gasteiger partial charge is 0.481 e. The van der Waals surface area contributed by atoms with E-state index in [4.69, 9.17) is 15.9 Å². The predicted octanol–water partition coefficient (Wildman–Crippen LogP) is 4.31. The highest BCUT2D eigenvalue weighted by atomic mass is 32.2. The van der Waals surface area contributed by atoms with Gasteiger partial charge < -0.3 is 21.1 Å². The predicted molar refractivity (Wildman–Crippen MR) is 125 cm³/mol. The van der Waals surface area contributed by atoms with Crippen LogP contribution < -0.4 is 5.73 Å². The molecule has 0 radical (unpaired) electrons. The lowest BCUT2D eigenvalue weighted by Crippen LogP contribution is -2.34. The van der Waals surface area contributed by atoms with Gasteiger partial charge in [-0.1, -0.05) is 68.4 Å². The third-order valence-corrected chi connectivity index (χ3v) is 5.65. The van der Waals surface area contributed by atoms with Crippen LogP contribution in [0.15, 0.2) is 48.6 Å². The molecule has 30 heavy (non-hydrogen) atoms. The summed E-state index contributed by atoms with van der Waals surface area (Å²) in [6, 6.07) is -1.01. The molecule has 0 rings (SSSR count). The molecule has 0 fully saturated rings. The van der Waals surface area contributed by atoms with Gasteiger partial charge in [-0.2, -0.15) is 0 Å².